The number of carbonyl (C=O) groups is 1. The Bertz CT molecular complexity index is 974. The van der Waals surface area contributed by atoms with Crippen LogP contribution in [0.1, 0.15) is 32.0 Å². The van der Waals surface area contributed by atoms with E-state index in [1.165, 1.54) is 29.4 Å². The predicted molar refractivity (Wildman–Crippen MR) is 118 cm³/mol. The highest BCUT2D eigenvalue weighted by molar-refractivity contribution is 8.00. The third-order valence-corrected chi connectivity index (χ3v) is 6.35. The van der Waals surface area contributed by atoms with Crippen molar-refractivity contribution in [2.24, 2.45) is 0 Å². The monoisotopic (exact) mass is 450 g/mol. The zero-order valence-corrected chi connectivity index (χ0v) is 19.1. The Hall–Kier alpha value is -2.08. The molecule has 11 heteroatoms. The lowest BCUT2D eigenvalue weighted by atomic mass is 10.3. The van der Waals surface area contributed by atoms with E-state index in [4.69, 9.17) is 9.47 Å². The van der Waals surface area contributed by atoms with Gasteiger partial charge in [0.25, 0.3) is 0 Å². The van der Waals surface area contributed by atoms with E-state index in [9.17, 15) is 4.79 Å². The maximum atomic E-state index is 13.0. The molecule has 0 aliphatic heterocycles. The maximum Gasteiger partial charge on any atom is 0.239 e. The second-order valence-electron chi connectivity index (χ2n) is 6.88. The lowest BCUT2D eigenvalue weighted by Gasteiger charge is -2.16. The fraction of sp³-hybridized carbons (Fsp3) is 0.526. The first-order valence-electron chi connectivity index (χ1n) is 9.64. The number of carbonyl (C=O) groups excluding carboxylic acids is 1. The number of hydrogen-bond acceptors (Lipinski definition) is 9. The van der Waals surface area contributed by atoms with Crippen molar-refractivity contribution >= 4 is 45.2 Å². The number of nitrogens with zero attached hydrogens (tertiary/aromatic N) is 5. The van der Waals surface area contributed by atoms with Gasteiger partial charge in [0.1, 0.15) is 11.4 Å². The summed E-state index contributed by atoms with van der Waals surface area (Å²) in [6, 6.07) is 0.177. The minimum absolute atomic E-state index is 0.132. The molecule has 1 atom stereocenters. The number of thiazole rings is 1. The summed E-state index contributed by atoms with van der Waals surface area (Å²) in [5.41, 5.74) is 1.63. The molecule has 3 aromatic rings. The van der Waals surface area contributed by atoms with Gasteiger partial charge in [-0.25, -0.2) is 19.6 Å². The Morgan fingerprint density at radius 1 is 1.30 bits per heavy atom. The summed E-state index contributed by atoms with van der Waals surface area (Å²) in [6.45, 7) is 7.43. The zero-order valence-electron chi connectivity index (χ0n) is 17.5. The average molecular weight is 451 g/mol. The Balaban J connectivity index is 1.77. The summed E-state index contributed by atoms with van der Waals surface area (Å²) in [7, 11) is 1.63. The number of nitrogens with one attached hydrogen (secondary N) is 1. The highest BCUT2D eigenvalue weighted by Gasteiger charge is 2.24. The molecule has 0 aliphatic carbocycles. The Morgan fingerprint density at radius 3 is 2.83 bits per heavy atom. The van der Waals surface area contributed by atoms with E-state index in [-0.39, 0.29) is 11.9 Å². The number of methoxy groups -OCH3 is 1. The van der Waals surface area contributed by atoms with Gasteiger partial charge >= 0.3 is 0 Å². The van der Waals surface area contributed by atoms with Gasteiger partial charge in [0.05, 0.1) is 35.7 Å². The first-order chi connectivity index (χ1) is 14.5. The van der Waals surface area contributed by atoms with E-state index in [1.54, 1.807) is 13.3 Å². The van der Waals surface area contributed by atoms with E-state index in [2.05, 4.69) is 25.4 Å². The number of anilines is 1. The van der Waals surface area contributed by atoms with Gasteiger partial charge in [0.15, 0.2) is 10.8 Å². The zero-order chi connectivity index (χ0) is 21.5. The van der Waals surface area contributed by atoms with Gasteiger partial charge in [0.2, 0.25) is 5.91 Å². The minimum Gasteiger partial charge on any atom is -0.382 e. The molecule has 0 spiro atoms. The van der Waals surface area contributed by atoms with Crippen molar-refractivity contribution in [1.29, 1.82) is 0 Å². The van der Waals surface area contributed by atoms with Crippen LogP contribution in [0.5, 0.6) is 0 Å². The summed E-state index contributed by atoms with van der Waals surface area (Å²) in [5, 5.41) is 11.0. The molecule has 0 aromatic carbocycles. The lowest BCUT2D eigenvalue weighted by Crippen LogP contribution is -2.27. The van der Waals surface area contributed by atoms with Crippen LogP contribution in [0.4, 0.5) is 5.13 Å². The number of thioether (sulfide) groups is 1. The molecule has 162 valence electrons. The molecule has 0 aliphatic rings. The number of rotatable bonds is 11. The summed E-state index contributed by atoms with van der Waals surface area (Å²) in [4.78, 5) is 26.1. The van der Waals surface area contributed by atoms with Crippen LogP contribution in [0.3, 0.4) is 0 Å². The van der Waals surface area contributed by atoms with Crippen LogP contribution in [-0.4, -0.2) is 62.8 Å². The summed E-state index contributed by atoms with van der Waals surface area (Å²) < 4.78 is 12.4. The van der Waals surface area contributed by atoms with Gasteiger partial charge < -0.3 is 14.8 Å². The molecule has 30 heavy (non-hydrogen) atoms. The van der Waals surface area contributed by atoms with E-state index < -0.39 is 5.25 Å². The topological polar surface area (TPSA) is 104 Å². The Labute approximate surface area is 183 Å². The van der Waals surface area contributed by atoms with Crippen molar-refractivity contribution in [3.05, 3.63) is 23.6 Å². The second-order valence-corrected chi connectivity index (χ2v) is 8.93. The number of aromatic nitrogens is 5. The first-order valence-corrected chi connectivity index (χ1v) is 11.4. The van der Waals surface area contributed by atoms with Crippen molar-refractivity contribution in [3.63, 3.8) is 0 Å². The number of aryl methyl sites for hydroxylation is 1. The standard InChI is InChI=1S/C19H26N6O3S2/c1-12(2)25-16-14(9-22-25)18(21-11-20-16)30-15(5-6-28-8-7-27-4)17(26)24-19-23-13(3)10-29-19/h9-12,15H,5-8H2,1-4H3,(H,23,24,26). The minimum atomic E-state index is -0.405. The highest BCUT2D eigenvalue weighted by atomic mass is 32.2. The van der Waals surface area contributed by atoms with Gasteiger partial charge in [0, 0.05) is 25.1 Å². The van der Waals surface area contributed by atoms with Crippen molar-refractivity contribution in [2.45, 2.75) is 43.5 Å². The number of amides is 1. The van der Waals surface area contributed by atoms with Crippen LogP contribution >= 0.6 is 23.1 Å². The van der Waals surface area contributed by atoms with Gasteiger partial charge in [-0.05, 0) is 27.2 Å². The van der Waals surface area contributed by atoms with Crippen molar-refractivity contribution in [3.8, 4) is 0 Å². The smallest absolute Gasteiger partial charge is 0.239 e. The van der Waals surface area contributed by atoms with Crippen molar-refractivity contribution in [1.82, 2.24) is 24.7 Å². The van der Waals surface area contributed by atoms with E-state index in [0.29, 0.717) is 31.4 Å². The molecule has 3 aromatic heterocycles. The lowest BCUT2D eigenvalue weighted by molar-refractivity contribution is -0.116. The molecule has 3 heterocycles. The van der Waals surface area contributed by atoms with Crippen LogP contribution in [0.2, 0.25) is 0 Å². The normalized spacial score (nSPS) is 12.6. The molecule has 0 saturated carbocycles. The number of ether oxygens (including phenoxy) is 2. The number of hydrogen-bond donors (Lipinski definition) is 1. The van der Waals surface area contributed by atoms with Crippen LogP contribution in [0.25, 0.3) is 11.0 Å². The molecule has 0 radical (unpaired) electrons. The molecule has 1 amide bonds. The average Bonchev–Trinajstić information content (AvgIpc) is 3.33. The van der Waals surface area contributed by atoms with Gasteiger partial charge in [-0.15, -0.1) is 11.3 Å². The van der Waals surface area contributed by atoms with Crippen LogP contribution in [0.15, 0.2) is 22.9 Å². The van der Waals surface area contributed by atoms with Crippen molar-refractivity contribution in [2.75, 3.05) is 32.2 Å². The fourth-order valence-corrected chi connectivity index (χ4v) is 4.44. The third-order valence-electron chi connectivity index (χ3n) is 4.20. The van der Waals surface area contributed by atoms with E-state index >= 15 is 0 Å². The van der Waals surface area contributed by atoms with Gasteiger partial charge in [-0.3, -0.25) is 4.79 Å². The third kappa shape index (κ3) is 5.75. The largest absolute Gasteiger partial charge is 0.382 e. The Morgan fingerprint density at radius 2 is 2.13 bits per heavy atom. The molecule has 1 unspecified atom stereocenters. The van der Waals surface area contributed by atoms with Gasteiger partial charge in [-0.1, -0.05) is 11.8 Å². The summed E-state index contributed by atoms with van der Waals surface area (Å²) in [6.07, 6.45) is 3.79. The van der Waals surface area contributed by atoms with E-state index in [0.717, 1.165) is 21.8 Å². The maximum absolute atomic E-state index is 13.0. The van der Waals surface area contributed by atoms with E-state index in [1.807, 2.05) is 30.8 Å². The molecule has 9 nitrogen and oxygen atoms in total. The fourth-order valence-electron chi connectivity index (χ4n) is 2.72. The van der Waals surface area contributed by atoms with Crippen molar-refractivity contribution < 1.29 is 14.3 Å². The molecule has 0 saturated heterocycles. The van der Waals surface area contributed by atoms with Crippen LogP contribution in [-0.2, 0) is 14.3 Å². The molecule has 3 rings (SSSR count). The summed E-state index contributed by atoms with van der Waals surface area (Å²) >= 11 is 2.80. The Kier molecular flexibility index (Phi) is 8.14. The number of fused-ring (bicyclic) bond motifs is 1. The SMILES string of the molecule is COCCOCCC(Sc1ncnc2c1cnn2C(C)C)C(=O)Nc1nc(C)cs1. The quantitative estimate of drug-likeness (QED) is 0.269. The van der Waals surface area contributed by atoms with Crippen LogP contribution < -0.4 is 5.32 Å². The predicted octanol–water partition coefficient (Wildman–Crippen LogP) is 3.32. The van der Waals surface area contributed by atoms with Gasteiger partial charge in [-0.2, -0.15) is 5.10 Å². The molecule has 0 bridgehead atoms. The molecular weight excluding hydrogens is 424 g/mol. The van der Waals surface area contributed by atoms with Crippen LogP contribution in [0, 0.1) is 6.92 Å². The summed E-state index contributed by atoms with van der Waals surface area (Å²) in [5.74, 6) is -0.132. The molecule has 1 N–H and O–H groups in total. The molecular formula is C19H26N6O3S2. The molecule has 0 fully saturated rings. The first kappa shape index (κ1) is 22.6. The highest BCUT2D eigenvalue weighted by Crippen LogP contribution is 2.31. The second kappa shape index (κ2) is 10.8.